The fraction of sp³-hybridized carbons (Fsp3) is 0.455. The minimum Gasteiger partial charge on any atom is -0.201 e. The highest BCUT2D eigenvalue weighted by atomic mass is 32.2. The van der Waals surface area contributed by atoms with Crippen molar-refractivity contribution < 1.29 is 8.78 Å². The molecule has 0 nitrogen and oxygen atoms in total. The average molecular weight is 216 g/mol. The van der Waals surface area contributed by atoms with Crippen LogP contribution in [0.4, 0.5) is 8.78 Å². The second-order valence-electron chi connectivity index (χ2n) is 3.51. The lowest BCUT2D eigenvalue weighted by molar-refractivity contribution is -0.0514. The summed E-state index contributed by atoms with van der Waals surface area (Å²) in [5.41, 5.74) is 0.102. The second kappa shape index (κ2) is 4.30. The van der Waals surface area contributed by atoms with Gasteiger partial charge in [-0.25, -0.2) is 8.78 Å². The van der Waals surface area contributed by atoms with Crippen LogP contribution in [0, 0.1) is 5.92 Å². The first-order valence-electron chi connectivity index (χ1n) is 4.51. The zero-order valence-corrected chi connectivity index (χ0v) is 9.37. The van der Waals surface area contributed by atoms with Gasteiger partial charge >= 0.3 is 0 Å². The van der Waals surface area contributed by atoms with E-state index in [0.717, 1.165) is 4.90 Å². The maximum Gasteiger partial charge on any atom is 0.275 e. The molecule has 0 atom stereocenters. The Bertz CT molecular complexity index is 291. The normalized spacial score (nSPS) is 12.1. The summed E-state index contributed by atoms with van der Waals surface area (Å²) in [7, 11) is 0. The Morgan fingerprint density at radius 2 is 1.64 bits per heavy atom. The predicted octanol–water partition coefficient (Wildman–Crippen LogP) is 4.16. The van der Waals surface area contributed by atoms with E-state index in [1.54, 1.807) is 23.9 Å². The molecule has 0 heterocycles. The molecule has 0 fully saturated rings. The van der Waals surface area contributed by atoms with Gasteiger partial charge in [-0.3, -0.25) is 0 Å². The topological polar surface area (TPSA) is 0 Å². The Kier molecular flexibility index (Phi) is 3.53. The van der Waals surface area contributed by atoms with Gasteiger partial charge in [-0.05, 0) is 18.4 Å². The molecule has 0 aliphatic heterocycles. The van der Waals surface area contributed by atoms with Gasteiger partial charge in [-0.15, -0.1) is 11.8 Å². The zero-order chi connectivity index (χ0) is 10.8. The molecule has 0 unspecified atom stereocenters. The number of halogens is 2. The minimum absolute atomic E-state index is 0.102. The zero-order valence-electron chi connectivity index (χ0n) is 8.55. The van der Waals surface area contributed by atoms with Gasteiger partial charge in [0, 0.05) is 16.4 Å². The van der Waals surface area contributed by atoms with Crippen LogP contribution >= 0.6 is 11.8 Å². The van der Waals surface area contributed by atoms with Gasteiger partial charge in [0.1, 0.15) is 0 Å². The highest BCUT2D eigenvalue weighted by Gasteiger charge is 2.35. The molecule has 0 saturated heterocycles. The molecule has 0 aliphatic rings. The smallest absolute Gasteiger partial charge is 0.201 e. The Morgan fingerprint density at radius 3 is 2.00 bits per heavy atom. The van der Waals surface area contributed by atoms with Gasteiger partial charge in [-0.1, -0.05) is 26.0 Å². The maximum atomic E-state index is 13.5. The monoisotopic (exact) mass is 216 g/mol. The molecule has 1 aromatic carbocycles. The van der Waals surface area contributed by atoms with Crippen LogP contribution in [0.2, 0.25) is 0 Å². The van der Waals surface area contributed by atoms with Crippen LogP contribution in [0.5, 0.6) is 0 Å². The number of hydrogen-bond acceptors (Lipinski definition) is 1. The lowest BCUT2D eigenvalue weighted by Gasteiger charge is -2.20. The van der Waals surface area contributed by atoms with E-state index in [1.165, 1.54) is 26.0 Å². The van der Waals surface area contributed by atoms with Gasteiger partial charge in [0.2, 0.25) is 0 Å². The minimum atomic E-state index is -2.73. The number of rotatable bonds is 3. The van der Waals surface area contributed by atoms with Crippen molar-refractivity contribution in [3.8, 4) is 0 Å². The quantitative estimate of drug-likeness (QED) is 0.684. The van der Waals surface area contributed by atoms with Gasteiger partial charge in [0.05, 0.1) is 0 Å². The Morgan fingerprint density at radius 1 is 1.14 bits per heavy atom. The van der Waals surface area contributed by atoms with Crippen molar-refractivity contribution >= 4 is 11.8 Å². The maximum absolute atomic E-state index is 13.5. The van der Waals surface area contributed by atoms with Gasteiger partial charge in [0.15, 0.2) is 0 Å². The van der Waals surface area contributed by atoms with Crippen molar-refractivity contribution in [1.29, 1.82) is 0 Å². The van der Waals surface area contributed by atoms with Crippen LogP contribution in [0.25, 0.3) is 0 Å². The van der Waals surface area contributed by atoms with E-state index in [1.807, 2.05) is 6.26 Å². The van der Waals surface area contributed by atoms with Crippen molar-refractivity contribution in [1.82, 2.24) is 0 Å². The van der Waals surface area contributed by atoms with Gasteiger partial charge in [-0.2, -0.15) is 0 Å². The van der Waals surface area contributed by atoms with Crippen LogP contribution in [0.1, 0.15) is 19.4 Å². The van der Waals surface area contributed by atoms with E-state index in [-0.39, 0.29) is 5.56 Å². The summed E-state index contributed by atoms with van der Waals surface area (Å²) >= 11 is 1.55. The first-order valence-corrected chi connectivity index (χ1v) is 5.73. The van der Waals surface area contributed by atoms with E-state index in [9.17, 15) is 8.78 Å². The molecule has 0 bridgehead atoms. The lowest BCUT2D eigenvalue weighted by atomic mass is 9.98. The first-order chi connectivity index (χ1) is 6.48. The molecule has 0 aromatic heterocycles. The van der Waals surface area contributed by atoms with Gasteiger partial charge in [0.25, 0.3) is 5.92 Å². The largest absolute Gasteiger partial charge is 0.275 e. The molecular formula is C11H14F2S. The Hall–Kier alpha value is -0.570. The molecule has 1 rings (SSSR count). The standard InChI is InChI=1S/C11H14F2S/c1-8(2)11(12,13)9-4-6-10(14-3)7-5-9/h4-8H,1-3H3. The fourth-order valence-corrected chi connectivity index (χ4v) is 1.55. The Balaban J connectivity index is 2.97. The molecule has 14 heavy (non-hydrogen) atoms. The van der Waals surface area contributed by atoms with E-state index >= 15 is 0 Å². The molecule has 0 spiro atoms. The van der Waals surface area contributed by atoms with E-state index in [4.69, 9.17) is 0 Å². The van der Waals surface area contributed by atoms with Gasteiger partial charge < -0.3 is 0 Å². The molecule has 0 saturated carbocycles. The number of hydrogen-bond donors (Lipinski definition) is 0. The van der Waals surface area contributed by atoms with Crippen LogP contribution in [0.3, 0.4) is 0 Å². The molecule has 0 radical (unpaired) electrons. The summed E-state index contributed by atoms with van der Waals surface area (Å²) in [5, 5.41) is 0. The SMILES string of the molecule is CSc1ccc(C(F)(F)C(C)C)cc1. The highest BCUT2D eigenvalue weighted by molar-refractivity contribution is 7.98. The third-order valence-electron chi connectivity index (χ3n) is 2.20. The predicted molar refractivity (Wildman–Crippen MR) is 57.0 cm³/mol. The van der Waals surface area contributed by atoms with Crippen molar-refractivity contribution in [3.05, 3.63) is 29.8 Å². The van der Waals surface area contributed by atoms with Crippen LogP contribution < -0.4 is 0 Å². The molecule has 0 N–H and O–H groups in total. The van der Waals surface area contributed by atoms with Crippen LogP contribution in [-0.4, -0.2) is 6.26 Å². The lowest BCUT2D eigenvalue weighted by Crippen LogP contribution is -2.20. The average Bonchev–Trinajstić information content (AvgIpc) is 2.17. The second-order valence-corrected chi connectivity index (χ2v) is 4.39. The molecule has 3 heteroatoms. The van der Waals surface area contributed by atoms with E-state index in [2.05, 4.69) is 0 Å². The summed E-state index contributed by atoms with van der Waals surface area (Å²) in [6.07, 6.45) is 1.93. The van der Waals surface area contributed by atoms with Crippen molar-refractivity contribution in [2.24, 2.45) is 5.92 Å². The van der Waals surface area contributed by atoms with E-state index < -0.39 is 11.8 Å². The number of benzene rings is 1. The molecular weight excluding hydrogens is 202 g/mol. The summed E-state index contributed by atoms with van der Waals surface area (Å²) in [6, 6.07) is 6.48. The molecule has 0 amide bonds. The Labute approximate surface area is 87.7 Å². The number of thioether (sulfide) groups is 1. The van der Waals surface area contributed by atoms with Crippen molar-refractivity contribution in [2.45, 2.75) is 24.7 Å². The summed E-state index contributed by atoms with van der Waals surface area (Å²) in [4.78, 5) is 1.01. The third-order valence-corrected chi connectivity index (χ3v) is 2.94. The summed E-state index contributed by atoms with van der Waals surface area (Å²) < 4.78 is 27.0. The number of alkyl halides is 2. The summed E-state index contributed by atoms with van der Waals surface area (Å²) in [6.45, 7) is 3.06. The van der Waals surface area contributed by atoms with Crippen molar-refractivity contribution in [2.75, 3.05) is 6.26 Å². The molecule has 78 valence electrons. The highest BCUT2D eigenvalue weighted by Crippen LogP contribution is 2.36. The van der Waals surface area contributed by atoms with Crippen LogP contribution in [0.15, 0.2) is 29.2 Å². The summed E-state index contributed by atoms with van der Waals surface area (Å²) in [5.74, 6) is -3.39. The third kappa shape index (κ3) is 2.27. The fourth-order valence-electron chi connectivity index (χ4n) is 1.15. The van der Waals surface area contributed by atoms with Crippen molar-refractivity contribution in [3.63, 3.8) is 0 Å². The molecule has 0 aliphatic carbocycles. The molecule has 1 aromatic rings. The first kappa shape index (κ1) is 11.5. The van der Waals surface area contributed by atoms with E-state index in [0.29, 0.717) is 0 Å². The van der Waals surface area contributed by atoms with Crippen LogP contribution in [-0.2, 0) is 5.92 Å².